The second kappa shape index (κ2) is 8.35. The number of aliphatic hydroxyl groups excluding tert-OH is 1. The Labute approximate surface area is 188 Å². The number of hydrogen-bond acceptors (Lipinski definition) is 5. The highest BCUT2D eigenvalue weighted by atomic mass is 16.5. The number of aromatic hydroxyl groups is 1. The SMILES string of the molecule is CO[C@@H]1C(=O)Nc2ccc(C=C[C@]3(C)CC[C@@H](O)[C@@H](C)C3)c(O)c2[C@@]1(O)c1ccccc1. The number of amides is 1. The molecule has 6 nitrogen and oxygen atoms in total. The molecule has 0 radical (unpaired) electrons. The van der Waals surface area contributed by atoms with Crippen LogP contribution in [-0.4, -0.2) is 40.5 Å². The van der Waals surface area contributed by atoms with Gasteiger partial charge in [0.05, 0.1) is 17.4 Å². The predicted octanol–water partition coefficient (Wildman–Crippen LogP) is 3.80. The first-order valence-corrected chi connectivity index (χ1v) is 11.0. The Bertz CT molecular complexity index is 1040. The molecule has 1 saturated carbocycles. The molecule has 5 atom stereocenters. The lowest BCUT2D eigenvalue weighted by Gasteiger charge is -2.40. The number of benzene rings is 2. The lowest BCUT2D eigenvalue weighted by Crippen LogP contribution is -2.52. The highest BCUT2D eigenvalue weighted by Gasteiger charge is 2.51. The van der Waals surface area contributed by atoms with Gasteiger partial charge in [0.15, 0.2) is 11.7 Å². The van der Waals surface area contributed by atoms with Crippen LogP contribution in [0.15, 0.2) is 48.5 Å². The van der Waals surface area contributed by atoms with Crippen LogP contribution in [0.3, 0.4) is 0 Å². The fourth-order valence-corrected chi connectivity index (χ4v) is 5.19. The molecule has 0 bridgehead atoms. The lowest BCUT2D eigenvalue weighted by atomic mass is 9.70. The Morgan fingerprint density at radius 2 is 1.91 bits per heavy atom. The summed E-state index contributed by atoms with van der Waals surface area (Å²) in [5.74, 6) is -0.368. The van der Waals surface area contributed by atoms with Crippen molar-refractivity contribution in [3.05, 3.63) is 65.2 Å². The van der Waals surface area contributed by atoms with Gasteiger partial charge >= 0.3 is 0 Å². The Morgan fingerprint density at radius 3 is 2.56 bits per heavy atom. The minimum absolute atomic E-state index is 0.0972. The van der Waals surface area contributed by atoms with Crippen LogP contribution in [0.1, 0.15) is 49.8 Å². The maximum absolute atomic E-state index is 12.7. The maximum Gasteiger partial charge on any atom is 0.257 e. The highest BCUT2D eigenvalue weighted by Crippen LogP contribution is 2.48. The molecule has 1 heterocycles. The zero-order chi connectivity index (χ0) is 23.1. The molecule has 170 valence electrons. The molecule has 2 aliphatic rings. The van der Waals surface area contributed by atoms with Gasteiger partial charge in [-0.2, -0.15) is 0 Å². The van der Waals surface area contributed by atoms with E-state index in [1.165, 1.54) is 7.11 Å². The molecule has 0 aromatic heterocycles. The molecule has 0 spiro atoms. The number of allylic oxidation sites excluding steroid dienone is 1. The zero-order valence-electron chi connectivity index (χ0n) is 18.7. The Hall–Kier alpha value is -2.67. The zero-order valence-corrected chi connectivity index (χ0v) is 18.7. The van der Waals surface area contributed by atoms with Gasteiger partial charge < -0.3 is 25.4 Å². The summed E-state index contributed by atoms with van der Waals surface area (Å²) in [5, 5.41) is 36.0. The molecule has 1 fully saturated rings. The molecule has 4 rings (SSSR count). The van der Waals surface area contributed by atoms with Gasteiger partial charge in [0, 0.05) is 12.7 Å². The van der Waals surface area contributed by atoms with E-state index in [4.69, 9.17) is 4.74 Å². The lowest BCUT2D eigenvalue weighted by molar-refractivity contribution is -0.142. The Morgan fingerprint density at radius 1 is 1.19 bits per heavy atom. The van der Waals surface area contributed by atoms with Crippen LogP contribution in [0.4, 0.5) is 5.69 Å². The summed E-state index contributed by atoms with van der Waals surface area (Å²) in [4.78, 5) is 12.7. The largest absolute Gasteiger partial charge is 0.507 e. The number of fused-ring (bicyclic) bond motifs is 1. The number of phenolic OH excluding ortho intramolecular Hbond substituents is 1. The summed E-state index contributed by atoms with van der Waals surface area (Å²) < 4.78 is 5.40. The fourth-order valence-electron chi connectivity index (χ4n) is 5.19. The molecule has 2 aromatic rings. The van der Waals surface area contributed by atoms with E-state index in [-0.39, 0.29) is 28.7 Å². The van der Waals surface area contributed by atoms with E-state index < -0.39 is 17.6 Å². The number of nitrogens with one attached hydrogen (secondary N) is 1. The third kappa shape index (κ3) is 3.72. The topological polar surface area (TPSA) is 99.0 Å². The summed E-state index contributed by atoms with van der Waals surface area (Å²) >= 11 is 0. The van der Waals surface area contributed by atoms with Gasteiger partial charge in [-0.3, -0.25) is 4.79 Å². The monoisotopic (exact) mass is 437 g/mol. The van der Waals surface area contributed by atoms with Crippen molar-refractivity contribution < 1.29 is 24.9 Å². The number of aliphatic hydroxyl groups is 2. The summed E-state index contributed by atoms with van der Waals surface area (Å²) in [6, 6.07) is 12.2. The van der Waals surface area contributed by atoms with Crippen molar-refractivity contribution >= 4 is 17.7 Å². The van der Waals surface area contributed by atoms with Crippen LogP contribution in [0.25, 0.3) is 6.08 Å². The van der Waals surface area contributed by atoms with Crippen LogP contribution in [0.2, 0.25) is 0 Å². The number of methoxy groups -OCH3 is 1. The van der Waals surface area contributed by atoms with Crippen molar-refractivity contribution in [1.29, 1.82) is 0 Å². The minimum atomic E-state index is -1.85. The van der Waals surface area contributed by atoms with Crippen molar-refractivity contribution in [3.63, 3.8) is 0 Å². The first kappa shape index (κ1) is 22.5. The summed E-state index contributed by atoms with van der Waals surface area (Å²) in [7, 11) is 1.36. The number of ether oxygens (including phenoxy) is 1. The van der Waals surface area contributed by atoms with Crippen LogP contribution >= 0.6 is 0 Å². The van der Waals surface area contributed by atoms with Gasteiger partial charge in [-0.25, -0.2) is 0 Å². The fraction of sp³-hybridized carbons (Fsp3) is 0.423. The van der Waals surface area contributed by atoms with Crippen LogP contribution in [0, 0.1) is 11.3 Å². The van der Waals surface area contributed by atoms with Crippen molar-refractivity contribution in [2.24, 2.45) is 11.3 Å². The molecule has 0 unspecified atom stereocenters. The molecule has 6 heteroatoms. The van der Waals surface area contributed by atoms with E-state index in [2.05, 4.69) is 25.2 Å². The molecule has 4 N–H and O–H groups in total. The first-order valence-electron chi connectivity index (χ1n) is 11.0. The Kier molecular flexibility index (Phi) is 5.88. The third-order valence-electron chi connectivity index (χ3n) is 7.04. The molecular weight excluding hydrogens is 406 g/mol. The van der Waals surface area contributed by atoms with E-state index in [9.17, 15) is 20.1 Å². The van der Waals surface area contributed by atoms with E-state index in [1.54, 1.807) is 36.4 Å². The normalized spacial score (nSPS) is 32.5. The molecular formula is C26H31NO5. The van der Waals surface area contributed by atoms with E-state index >= 15 is 0 Å². The van der Waals surface area contributed by atoms with Gasteiger partial charge in [0.1, 0.15) is 5.75 Å². The van der Waals surface area contributed by atoms with Gasteiger partial charge in [-0.05, 0) is 48.3 Å². The number of rotatable bonds is 4. The van der Waals surface area contributed by atoms with Crippen molar-refractivity contribution in [3.8, 4) is 5.75 Å². The average molecular weight is 438 g/mol. The van der Waals surface area contributed by atoms with Gasteiger partial charge in [-0.1, -0.05) is 56.3 Å². The average Bonchev–Trinajstić information content (AvgIpc) is 2.77. The van der Waals surface area contributed by atoms with E-state index in [1.807, 2.05) is 12.1 Å². The Balaban J connectivity index is 1.79. The van der Waals surface area contributed by atoms with Crippen LogP contribution in [0.5, 0.6) is 5.75 Å². The predicted molar refractivity (Wildman–Crippen MR) is 123 cm³/mol. The number of phenols is 1. The van der Waals surface area contributed by atoms with E-state index in [0.717, 1.165) is 19.3 Å². The van der Waals surface area contributed by atoms with E-state index in [0.29, 0.717) is 16.8 Å². The molecule has 1 aliphatic heterocycles. The van der Waals surface area contributed by atoms with Crippen LogP contribution in [-0.2, 0) is 15.1 Å². The molecule has 1 amide bonds. The summed E-state index contributed by atoms with van der Waals surface area (Å²) in [5.41, 5.74) is -0.375. The third-order valence-corrected chi connectivity index (χ3v) is 7.04. The number of carbonyl (C=O) groups is 1. The van der Waals surface area contributed by atoms with Crippen LogP contribution < -0.4 is 5.32 Å². The van der Waals surface area contributed by atoms with Gasteiger partial charge in [-0.15, -0.1) is 0 Å². The second-order valence-corrected chi connectivity index (χ2v) is 9.44. The summed E-state index contributed by atoms with van der Waals surface area (Å²) in [6.45, 7) is 4.21. The number of anilines is 1. The van der Waals surface area contributed by atoms with Crippen molar-refractivity contribution in [1.82, 2.24) is 0 Å². The smallest absolute Gasteiger partial charge is 0.257 e. The molecule has 1 aliphatic carbocycles. The molecule has 0 saturated heterocycles. The van der Waals surface area contributed by atoms with Gasteiger partial charge in [0.25, 0.3) is 5.91 Å². The van der Waals surface area contributed by atoms with Crippen molar-refractivity contribution in [2.45, 2.75) is 50.9 Å². The van der Waals surface area contributed by atoms with Crippen molar-refractivity contribution in [2.75, 3.05) is 12.4 Å². The quantitative estimate of drug-likeness (QED) is 0.583. The second-order valence-electron chi connectivity index (χ2n) is 9.44. The highest BCUT2D eigenvalue weighted by molar-refractivity contribution is 6.00. The minimum Gasteiger partial charge on any atom is -0.507 e. The maximum atomic E-state index is 12.7. The molecule has 32 heavy (non-hydrogen) atoms. The number of carbonyl (C=O) groups excluding carboxylic acids is 1. The van der Waals surface area contributed by atoms with Gasteiger partial charge in [0.2, 0.25) is 0 Å². The first-order chi connectivity index (χ1) is 15.2. The summed E-state index contributed by atoms with van der Waals surface area (Å²) in [6.07, 6.45) is 4.90. The molecule has 2 aromatic carbocycles. The number of hydrogen-bond donors (Lipinski definition) is 4. The standard InChI is InChI=1S/C26H31NO5/c1-16-15-25(2,14-12-20(16)28)13-11-17-9-10-19-21(22(17)29)26(31,18-7-5-4-6-8-18)23(32-3)24(30)27-19/h4-11,13,16,20,23,28-29,31H,12,14-15H2,1-3H3,(H,27,30)/t16-,20+,23+,25+,26-/m0/s1.